The molecular weight excluding hydrogens is 206 g/mol. The minimum Gasteiger partial charge on any atom is -0.481 e. The van der Waals surface area contributed by atoms with E-state index in [-0.39, 0.29) is 6.61 Å². The van der Waals surface area contributed by atoms with Crippen LogP contribution in [0.3, 0.4) is 0 Å². The van der Waals surface area contributed by atoms with Crippen molar-refractivity contribution >= 4 is 5.95 Å². The van der Waals surface area contributed by atoms with Crippen molar-refractivity contribution in [3.63, 3.8) is 0 Å². The van der Waals surface area contributed by atoms with E-state index in [2.05, 4.69) is 14.9 Å². The lowest BCUT2D eigenvalue weighted by atomic mass is 9.99. The van der Waals surface area contributed by atoms with Crippen molar-refractivity contribution < 1.29 is 9.84 Å². The lowest BCUT2D eigenvalue weighted by Gasteiger charge is -2.31. The highest BCUT2D eigenvalue weighted by atomic mass is 16.5. The predicted molar refractivity (Wildman–Crippen MR) is 60.6 cm³/mol. The van der Waals surface area contributed by atoms with E-state index in [4.69, 9.17) is 9.84 Å². The average Bonchev–Trinajstić information content (AvgIpc) is 2.39. The van der Waals surface area contributed by atoms with Crippen LogP contribution in [0.2, 0.25) is 0 Å². The van der Waals surface area contributed by atoms with Crippen LogP contribution in [0, 0.1) is 5.92 Å². The Morgan fingerprint density at radius 2 is 2.50 bits per heavy atom. The maximum Gasteiger partial charge on any atom is 0.228 e. The number of aliphatic hydroxyl groups is 1. The van der Waals surface area contributed by atoms with Gasteiger partial charge in [0.2, 0.25) is 11.8 Å². The Morgan fingerprint density at radius 3 is 3.25 bits per heavy atom. The first-order valence-electron chi connectivity index (χ1n) is 5.56. The van der Waals surface area contributed by atoms with Crippen LogP contribution in [0.1, 0.15) is 12.8 Å². The molecule has 1 aromatic heterocycles. The van der Waals surface area contributed by atoms with Crippen LogP contribution in [0.5, 0.6) is 5.88 Å². The van der Waals surface area contributed by atoms with Gasteiger partial charge in [-0.2, -0.15) is 4.98 Å². The van der Waals surface area contributed by atoms with E-state index < -0.39 is 0 Å². The molecule has 5 heteroatoms. The fourth-order valence-corrected chi connectivity index (χ4v) is 1.99. The van der Waals surface area contributed by atoms with Gasteiger partial charge < -0.3 is 14.7 Å². The molecule has 1 aliphatic rings. The van der Waals surface area contributed by atoms with Crippen molar-refractivity contribution in [2.24, 2.45) is 5.92 Å². The van der Waals surface area contributed by atoms with Gasteiger partial charge in [-0.1, -0.05) is 0 Å². The molecule has 0 aromatic carbocycles. The Morgan fingerprint density at radius 1 is 1.62 bits per heavy atom. The molecule has 0 amide bonds. The van der Waals surface area contributed by atoms with Crippen LogP contribution in [0.4, 0.5) is 5.95 Å². The number of hydrogen-bond donors (Lipinski definition) is 1. The molecule has 0 bridgehead atoms. The Balaban J connectivity index is 2.10. The molecule has 2 heterocycles. The first kappa shape index (κ1) is 11.1. The third-order valence-corrected chi connectivity index (χ3v) is 2.89. The van der Waals surface area contributed by atoms with E-state index in [1.165, 1.54) is 0 Å². The molecule has 1 N–H and O–H groups in total. The van der Waals surface area contributed by atoms with E-state index in [1.807, 2.05) is 0 Å². The predicted octanol–water partition coefficient (Wildman–Crippen LogP) is 0.694. The molecule has 0 radical (unpaired) electrons. The van der Waals surface area contributed by atoms with Crippen molar-refractivity contribution in [3.05, 3.63) is 12.3 Å². The number of piperidine rings is 1. The molecule has 1 aliphatic heterocycles. The van der Waals surface area contributed by atoms with Crippen LogP contribution in [-0.2, 0) is 0 Å². The summed E-state index contributed by atoms with van der Waals surface area (Å²) in [7, 11) is 1.60. The summed E-state index contributed by atoms with van der Waals surface area (Å²) in [5.74, 6) is 1.61. The van der Waals surface area contributed by atoms with Crippen LogP contribution in [0.15, 0.2) is 12.3 Å². The van der Waals surface area contributed by atoms with Gasteiger partial charge in [-0.25, -0.2) is 4.98 Å². The number of anilines is 1. The lowest BCUT2D eigenvalue weighted by Crippen LogP contribution is -2.37. The van der Waals surface area contributed by atoms with E-state index >= 15 is 0 Å². The van der Waals surface area contributed by atoms with Crippen LogP contribution in [-0.4, -0.2) is 41.9 Å². The number of methoxy groups -OCH3 is 1. The number of hydrogen-bond acceptors (Lipinski definition) is 5. The van der Waals surface area contributed by atoms with Crippen molar-refractivity contribution in [3.8, 4) is 5.88 Å². The van der Waals surface area contributed by atoms with Gasteiger partial charge in [0.25, 0.3) is 0 Å². The second-order valence-electron chi connectivity index (χ2n) is 4.04. The molecule has 1 fully saturated rings. The van der Waals surface area contributed by atoms with Gasteiger partial charge in [-0.05, 0) is 18.8 Å². The highest BCUT2D eigenvalue weighted by molar-refractivity contribution is 5.32. The fourth-order valence-electron chi connectivity index (χ4n) is 1.99. The average molecular weight is 223 g/mol. The first-order valence-corrected chi connectivity index (χ1v) is 5.56. The molecule has 0 saturated carbocycles. The van der Waals surface area contributed by atoms with Crippen molar-refractivity contribution in [1.29, 1.82) is 0 Å². The number of aliphatic hydroxyl groups excluding tert-OH is 1. The summed E-state index contributed by atoms with van der Waals surface area (Å²) in [6.45, 7) is 2.01. The van der Waals surface area contributed by atoms with E-state index in [1.54, 1.807) is 19.4 Å². The second-order valence-corrected chi connectivity index (χ2v) is 4.04. The first-order chi connectivity index (χ1) is 7.83. The van der Waals surface area contributed by atoms with Crippen LogP contribution >= 0.6 is 0 Å². The third-order valence-electron chi connectivity index (χ3n) is 2.89. The summed E-state index contributed by atoms with van der Waals surface area (Å²) in [6, 6.07) is 1.73. The summed E-state index contributed by atoms with van der Waals surface area (Å²) in [5.41, 5.74) is 0. The number of aromatic nitrogens is 2. The molecule has 16 heavy (non-hydrogen) atoms. The SMILES string of the molecule is COc1ccnc(N2CCC[C@H](CO)C2)n1. The highest BCUT2D eigenvalue weighted by Gasteiger charge is 2.21. The van der Waals surface area contributed by atoms with Gasteiger partial charge in [0.15, 0.2) is 0 Å². The van der Waals surface area contributed by atoms with Crippen molar-refractivity contribution in [2.75, 3.05) is 31.7 Å². The number of nitrogens with zero attached hydrogens (tertiary/aromatic N) is 3. The topological polar surface area (TPSA) is 58.5 Å². The van der Waals surface area contributed by atoms with Gasteiger partial charge in [0.05, 0.1) is 7.11 Å². The van der Waals surface area contributed by atoms with Crippen molar-refractivity contribution in [1.82, 2.24) is 9.97 Å². The monoisotopic (exact) mass is 223 g/mol. The summed E-state index contributed by atoms with van der Waals surface area (Å²) in [6.07, 6.45) is 3.85. The molecule has 0 aliphatic carbocycles. The molecule has 2 rings (SSSR count). The van der Waals surface area contributed by atoms with Crippen molar-refractivity contribution in [2.45, 2.75) is 12.8 Å². The minimum atomic E-state index is 0.237. The smallest absolute Gasteiger partial charge is 0.228 e. The van der Waals surface area contributed by atoms with Gasteiger partial charge >= 0.3 is 0 Å². The number of rotatable bonds is 3. The summed E-state index contributed by atoms with van der Waals surface area (Å²) in [5, 5.41) is 9.16. The van der Waals surface area contributed by atoms with E-state index in [0.29, 0.717) is 17.7 Å². The van der Waals surface area contributed by atoms with Gasteiger partial charge in [-0.15, -0.1) is 0 Å². The molecule has 1 aromatic rings. The Labute approximate surface area is 95.1 Å². The zero-order valence-electron chi connectivity index (χ0n) is 9.46. The normalized spacial score (nSPS) is 20.9. The van der Waals surface area contributed by atoms with Crippen LogP contribution < -0.4 is 9.64 Å². The molecule has 1 atom stereocenters. The zero-order chi connectivity index (χ0) is 11.4. The molecule has 88 valence electrons. The van der Waals surface area contributed by atoms with Gasteiger partial charge in [0, 0.05) is 32.0 Å². The third kappa shape index (κ3) is 2.41. The maximum absolute atomic E-state index is 9.16. The van der Waals surface area contributed by atoms with E-state index in [0.717, 1.165) is 25.9 Å². The fraction of sp³-hybridized carbons (Fsp3) is 0.636. The van der Waals surface area contributed by atoms with E-state index in [9.17, 15) is 0 Å². The molecule has 5 nitrogen and oxygen atoms in total. The standard InChI is InChI=1S/C11H17N3O2/c1-16-10-4-5-12-11(13-10)14-6-2-3-9(7-14)8-15/h4-5,9,15H,2-3,6-8H2,1H3/t9-/m0/s1. The summed E-state index contributed by atoms with van der Waals surface area (Å²) < 4.78 is 5.07. The molecule has 0 unspecified atom stereocenters. The summed E-state index contributed by atoms with van der Waals surface area (Å²) in [4.78, 5) is 10.6. The Bertz CT molecular complexity index is 346. The number of ether oxygens (including phenoxy) is 1. The lowest BCUT2D eigenvalue weighted by molar-refractivity contribution is 0.208. The zero-order valence-corrected chi connectivity index (χ0v) is 9.46. The largest absolute Gasteiger partial charge is 0.481 e. The van der Waals surface area contributed by atoms with Crippen LogP contribution in [0.25, 0.3) is 0 Å². The molecular formula is C11H17N3O2. The summed E-state index contributed by atoms with van der Waals surface area (Å²) >= 11 is 0. The molecule has 1 saturated heterocycles. The van der Waals surface area contributed by atoms with Gasteiger partial charge in [-0.3, -0.25) is 0 Å². The van der Waals surface area contributed by atoms with Gasteiger partial charge in [0.1, 0.15) is 0 Å². The Kier molecular flexibility index (Phi) is 3.56. The second kappa shape index (κ2) is 5.12. The minimum absolute atomic E-state index is 0.237. The highest BCUT2D eigenvalue weighted by Crippen LogP contribution is 2.20. The maximum atomic E-state index is 9.16. The molecule has 0 spiro atoms. The Hall–Kier alpha value is -1.36. The quantitative estimate of drug-likeness (QED) is 0.817.